The van der Waals surface area contributed by atoms with Crippen LogP contribution >= 0.6 is 0 Å². The highest BCUT2D eigenvalue weighted by Crippen LogP contribution is 2.32. The minimum atomic E-state index is 0.507. The predicted molar refractivity (Wildman–Crippen MR) is 120 cm³/mol. The van der Waals surface area contributed by atoms with Gasteiger partial charge in [0.05, 0.1) is 6.04 Å². The Morgan fingerprint density at radius 3 is 2.68 bits per heavy atom. The van der Waals surface area contributed by atoms with Crippen LogP contribution in [0.25, 0.3) is 5.57 Å². The molecule has 2 heterocycles. The van der Waals surface area contributed by atoms with Crippen LogP contribution in [0.3, 0.4) is 0 Å². The molecule has 2 aliphatic heterocycles. The fourth-order valence-corrected chi connectivity index (χ4v) is 5.25. The first-order valence-corrected chi connectivity index (χ1v) is 11.4. The van der Waals surface area contributed by atoms with Gasteiger partial charge in [-0.1, -0.05) is 49.8 Å². The number of benzene rings is 1. The molecule has 1 aliphatic carbocycles. The second-order valence-corrected chi connectivity index (χ2v) is 8.81. The number of likely N-dealkylation sites (tertiary alicyclic amines) is 1. The summed E-state index contributed by atoms with van der Waals surface area (Å²) in [7, 11) is 0. The van der Waals surface area contributed by atoms with E-state index < -0.39 is 0 Å². The molecule has 0 N–H and O–H groups in total. The number of fused-ring (bicyclic) bond motifs is 1. The topological polar surface area (TPSA) is 28.0 Å². The van der Waals surface area contributed by atoms with Crippen LogP contribution in [0, 0.1) is 11.8 Å². The predicted octanol–water partition coefficient (Wildman–Crippen LogP) is 5.62. The Labute approximate surface area is 170 Å². The number of hydrogen-bond donors (Lipinski definition) is 0. The molecule has 0 amide bonds. The van der Waals surface area contributed by atoms with E-state index >= 15 is 0 Å². The second-order valence-electron chi connectivity index (χ2n) is 8.81. The number of rotatable bonds is 7. The molecule has 0 aromatic heterocycles. The number of nitrogens with zero attached hydrogens (tertiary/aromatic N) is 3. The minimum absolute atomic E-state index is 0.507. The lowest BCUT2D eigenvalue weighted by Crippen LogP contribution is -2.35. The second kappa shape index (κ2) is 9.65. The van der Waals surface area contributed by atoms with Gasteiger partial charge in [-0.05, 0) is 81.6 Å². The number of hydrogen-bond acceptors (Lipinski definition) is 3. The van der Waals surface area contributed by atoms with E-state index in [1.165, 1.54) is 94.3 Å². The first-order chi connectivity index (χ1) is 13.8. The number of piperidine rings is 1. The summed E-state index contributed by atoms with van der Waals surface area (Å²) in [5.74, 6) is 1.30. The van der Waals surface area contributed by atoms with Crippen LogP contribution in [0.2, 0.25) is 0 Å². The maximum atomic E-state index is 4.72. The Kier molecular flexibility index (Phi) is 6.74. The van der Waals surface area contributed by atoms with E-state index in [1.807, 2.05) is 6.34 Å². The van der Waals surface area contributed by atoms with E-state index in [2.05, 4.69) is 46.8 Å². The van der Waals surface area contributed by atoms with Crippen LogP contribution in [-0.4, -0.2) is 42.6 Å². The standard InChI is InChI=1S/C25H35N3/c1-20(21-9-3-2-4-10-21)22-14-17-28(18-15-22)16-8-7-13-25-23-11-5-6-12-24(23)26-19-27-25/h2-4,9-10,19,22-23,25H,1,5-8,11-18H2. The van der Waals surface area contributed by atoms with E-state index in [4.69, 9.17) is 4.99 Å². The highest BCUT2D eigenvalue weighted by Gasteiger charge is 2.29. The maximum absolute atomic E-state index is 4.72. The zero-order valence-corrected chi connectivity index (χ0v) is 17.2. The fourth-order valence-electron chi connectivity index (χ4n) is 5.25. The normalized spacial score (nSPS) is 25.9. The van der Waals surface area contributed by atoms with Gasteiger partial charge >= 0.3 is 0 Å². The van der Waals surface area contributed by atoms with Crippen molar-refractivity contribution in [3.63, 3.8) is 0 Å². The summed E-state index contributed by atoms with van der Waals surface area (Å²) in [4.78, 5) is 11.9. The summed E-state index contributed by atoms with van der Waals surface area (Å²) in [5, 5.41) is 0. The summed E-state index contributed by atoms with van der Waals surface area (Å²) in [5.41, 5.74) is 4.09. The molecule has 2 fully saturated rings. The van der Waals surface area contributed by atoms with Crippen molar-refractivity contribution in [3.8, 4) is 0 Å². The van der Waals surface area contributed by atoms with Gasteiger partial charge in [-0.2, -0.15) is 0 Å². The highest BCUT2D eigenvalue weighted by atomic mass is 15.1. The largest absolute Gasteiger partial charge is 0.303 e. The quantitative estimate of drug-likeness (QED) is 0.566. The summed E-state index contributed by atoms with van der Waals surface area (Å²) in [6, 6.07) is 11.2. The first kappa shape index (κ1) is 19.6. The van der Waals surface area contributed by atoms with Crippen LogP contribution < -0.4 is 0 Å². The molecular weight excluding hydrogens is 342 g/mol. The zero-order valence-electron chi connectivity index (χ0n) is 17.2. The van der Waals surface area contributed by atoms with E-state index in [0.717, 1.165) is 0 Å². The highest BCUT2D eigenvalue weighted by molar-refractivity contribution is 5.94. The molecule has 1 aromatic rings. The average molecular weight is 378 g/mol. The van der Waals surface area contributed by atoms with E-state index in [1.54, 1.807) is 0 Å². The molecule has 0 radical (unpaired) electrons. The van der Waals surface area contributed by atoms with Crippen molar-refractivity contribution in [2.45, 2.75) is 63.8 Å². The Morgan fingerprint density at radius 1 is 1.04 bits per heavy atom. The molecule has 150 valence electrons. The smallest absolute Gasteiger partial charge is 0.110 e. The van der Waals surface area contributed by atoms with Gasteiger partial charge in [0.15, 0.2) is 0 Å². The third kappa shape index (κ3) is 4.81. The van der Waals surface area contributed by atoms with Crippen LogP contribution in [-0.2, 0) is 0 Å². The Hall–Kier alpha value is -1.74. The van der Waals surface area contributed by atoms with Crippen LogP contribution in [0.4, 0.5) is 0 Å². The number of allylic oxidation sites excluding steroid dienone is 1. The van der Waals surface area contributed by atoms with Crippen LogP contribution in [0.5, 0.6) is 0 Å². The van der Waals surface area contributed by atoms with Crippen LogP contribution in [0.1, 0.15) is 63.4 Å². The Bertz CT molecular complexity index is 698. The summed E-state index contributed by atoms with van der Waals surface area (Å²) in [6.07, 6.45) is 13.4. The SMILES string of the molecule is C=C(c1ccccc1)C1CCN(CCCCC2N=CN=C3CCCCC32)CC1. The number of aliphatic imine (C=N–C) groups is 2. The Morgan fingerprint density at radius 2 is 1.86 bits per heavy atom. The van der Waals surface area contributed by atoms with Crippen molar-refractivity contribution < 1.29 is 0 Å². The minimum Gasteiger partial charge on any atom is -0.303 e. The molecule has 3 nitrogen and oxygen atoms in total. The molecule has 3 heteroatoms. The Balaban J connectivity index is 1.15. The molecule has 0 spiro atoms. The van der Waals surface area contributed by atoms with Gasteiger partial charge in [0, 0.05) is 11.6 Å². The monoisotopic (exact) mass is 377 g/mol. The van der Waals surface area contributed by atoms with E-state index in [-0.39, 0.29) is 0 Å². The molecule has 1 saturated carbocycles. The lowest BCUT2D eigenvalue weighted by atomic mass is 9.80. The van der Waals surface area contributed by atoms with Crippen molar-refractivity contribution in [1.29, 1.82) is 0 Å². The summed E-state index contributed by atoms with van der Waals surface area (Å²) in [6.45, 7) is 8.07. The van der Waals surface area contributed by atoms with E-state index in [9.17, 15) is 0 Å². The molecule has 1 aromatic carbocycles. The number of unbranched alkanes of at least 4 members (excludes halogenated alkanes) is 1. The zero-order chi connectivity index (χ0) is 19.2. The molecule has 28 heavy (non-hydrogen) atoms. The van der Waals surface area contributed by atoms with Gasteiger partial charge in [0.25, 0.3) is 0 Å². The average Bonchev–Trinajstić information content (AvgIpc) is 2.77. The molecular formula is C25H35N3. The van der Waals surface area contributed by atoms with Gasteiger partial charge in [-0.3, -0.25) is 4.99 Å². The lowest BCUT2D eigenvalue weighted by Gasteiger charge is -2.33. The third-order valence-corrected chi connectivity index (χ3v) is 7.02. The first-order valence-electron chi connectivity index (χ1n) is 11.4. The molecule has 4 rings (SSSR count). The van der Waals surface area contributed by atoms with Crippen molar-refractivity contribution >= 4 is 17.6 Å². The van der Waals surface area contributed by atoms with Crippen molar-refractivity contribution in [2.24, 2.45) is 21.8 Å². The molecule has 3 aliphatic rings. The summed E-state index contributed by atoms with van der Waals surface area (Å²) >= 11 is 0. The van der Waals surface area contributed by atoms with Gasteiger partial charge in [-0.25, -0.2) is 4.99 Å². The van der Waals surface area contributed by atoms with Crippen molar-refractivity contribution in [3.05, 3.63) is 42.5 Å². The van der Waals surface area contributed by atoms with Crippen molar-refractivity contribution in [2.75, 3.05) is 19.6 Å². The maximum Gasteiger partial charge on any atom is 0.110 e. The molecule has 1 saturated heterocycles. The lowest BCUT2D eigenvalue weighted by molar-refractivity contribution is 0.202. The molecule has 0 bridgehead atoms. The van der Waals surface area contributed by atoms with E-state index in [0.29, 0.717) is 17.9 Å². The van der Waals surface area contributed by atoms with Crippen LogP contribution in [0.15, 0.2) is 46.9 Å². The van der Waals surface area contributed by atoms with Crippen molar-refractivity contribution in [1.82, 2.24) is 4.90 Å². The fraction of sp³-hybridized carbons (Fsp3) is 0.600. The van der Waals surface area contributed by atoms with Gasteiger partial charge < -0.3 is 4.90 Å². The molecule has 2 atom stereocenters. The third-order valence-electron chi connectivity index (χ3n) is 7.02. The van der Waals surface area contributed by atoms with Gasteiger partial charge in [0.2, 0.25) is 0 Å². The van der Waals surface area contributed by atoms with Gasteiger partial charge in [0.1, 0.15) is 6.34 Å². The molecule has 2 unspecified atom stereocenters. The van der Waals surface area contributed by atoms with Gasteiger partial charge in [-0.15, -0.1) is 0 Å². The summed E-state index contributed by atoms with van der Waals surface area (Å²) < 4.78 is 0.